The van der Waals surface area contributed by atoms with E-state index in [9.17, 15) is 4.79 Å². The number of fused-ring (bicyclic) bond motifs is 1. The number of benzene rings is 1. The number of rotatable bonds is 7. The van der Waals surface area contributed by atoms with Crippen LogP contribution in [0.4, 0.5) is 0 Å². The lowest BCUT2D eigenvalue weighted by Crippen LogP contribution is -2.52. The van der Waals surface area contributed by atoms with Gasteiger partial charge in [-0.3, -0.25) is 4.79 Å². The fraction of sp³-hybridized carbons (Fsp3) is 0.571. The molecule has 2 aliphatic heterocycles. The minimum absolute atomic E-state index is 0.00633. The van der Waals surface area contributed by atoms with Crippen LogP contribution in [0.2, 0.25) is 0 Å². The van der Waals surface area contributed by atoms with Crippen LogP contribution in [-0.2, 0) is 4.79 Å². The molecule has 0 bridgehead atoms. The minimum atomic E-state index is -0.0880. The standard InChI is InChI=1S/C21H29Cl2N3O/c1-3-10-25(11-4-2)19(27)13-18-20(15-8-6-5-7-9-15)24-21-17(23)12-16(22)14-26(18)21/h5-9,16-17,21,24H,3-4,10-14H2,1-2H3. The molecule has 4 nitrogen and oxygen atoms in total. The molecule has 0 radical (unpaired) electrons. The summed E-state index contributed by atoms with van der Waals surface area (Å²) in [4.78, 5) is 17.3. The summed E-state index contributed by atoms with van der Waals surface area (Å²) in [5, 5.41) is 3.49. The number of piperidine rings is 1. The third-order valence-electron chi connectivity index (χ3n) is 5.20. The van der Waals surface area contributed by atoms with Crippen molar-refractivity contribution in [2.45, 2.75) is 56.5 Å². The molecule has 0 aliphatic carbocycles. The summed E-state index contributed by atoms with van der Waals surface area (Å²) in [6, 6.07) is 10.2. The SMILES string of the molecule is CCCN(CCC)C(=O)CC1=C(c2ccccc2)NC2C(Cl)CC(Cl)CN12. The summed E-state index contributed by atoms with van der Waals surface area (Å²) in [7, 11) is 0. The molecule has 1 aromatic rings. The van der Waals surface area contributed by atoms with Gasteiger partial charge in [-0.1, -0.05) is 44.2 Å². The minimum Gasteiger partial charge on any atom is -0.362 e. The van der Waals surface area contributed by atoms with Gasteiger partial charge in [0.1, 0.15) is 6.17 Å². The van der Waals surface area contributed by atoms with E-state index in [0.29, 0.717) is 13.0 Å². The second kappa shape index (κ2) is 9.20. The third kappa shape index (κ3) is 4.55. The number of carbonyl (C=O) groups is 1. The van der Waals surface area contributed by atoms with E-state index < -0.39 is 0 Å². The van der Waals surface area contributed by atoms with Crippen LogP contribution >= 0.6 is 23.2 Å². The van der Waals surface area contributed by atoms with E-state index in [1.807, 2.05) is 23.1 Å². The Bertz CT molecular complexity index is 673. The van der Waals surface area contributed by atoms with Crippen molar-refractivity contribution in [1.29, 1.82) is 0 Å². The molecule has 1 N–H and O–H groups in total. The fourth-order valence-electron chi connectivity index (χ4n) is 3.99. The highest BCUT2D eigenvalue weighted by atomic mass is 35.5. The maximum Gasteiger partial charge on any atom is 0.228 e. The molecule has 1 fully saturated rings. The Morgan fingerprint density at radius 1 is 1.19 bits per heavy atom. The van der Waals surface area contributed by atoms with E-state index in [4.69, 9.17) is 23.2 Å². The molecule has 2 heterocycles. The Hall–Kier alpha value is -1.39. The smallest absolute Gasteiger partial charge is 0.228 e. The van der Waals surface area contributed by atoms with Crippen molar-refractivity contribution in [3.63, 3.8) is 0 Å². The van der Waals surface area contributed by atoms with Gasteiger partial charge >= 0.3 is 0 Å². The van der Waals surface area contributed by atoms with E-state index in [0.717, 1.165) is 49.3 Å². The molecule has 0 aromatic heterocycles. The molecule has 3 unspecified atom stereocenters. The van der Waals surface area contributed by atoms with E-state index in [2.05, 4.69) is 36.2 Å². The van der Waals surface area contributed by atoms with Crippen LogP contribution in [0.25, 0.3) is 5.70 Å². The second-order valence-corrected chi connectivity index (χ2v) is 8.51. The summed E-state index contributed by atoms with van der Waals surface area (Å²) in [5.74, 6) is 0.174. The van der Waals surface area contributed by atoms with Gasteiger partial charge in [-0.25, -0.2) is 0 Å². The summed E-state index contributed by atoms with van der Waals surface area (Å²) >= 11 is 13.1. The maximum atomic E-state index is 13.1. The highest BCUT2D eigenvalue weighted by molar-refractivity contribution is 6.24. The first-order valence-electron chi connectivity index (χ1n) is 9.92. The maximum absolute atomic E-state index is 13.1. The number of alkyl halides is 2. The van der Waals surface area contributed by atoms with Gasteiger partial charge in [0.05, 0.1) is 22.9 Å². The molecule has 0 saturated carbocycles. The number of hydrogen-bond donors (Lipinski definition) is 1. The van der Waals surface area contributed by atoms with E-state index >= 15 is 0 Å². The Morgan fingerprint density at radius 3 is 2.48 bits per heavy atom. The molecule has 1 saturated heterocycles. The Balaban J connectivity index is 1.91. The van der Waals surface area contributed by atoms with Crippen LogP contribution in [0.5, 0.6) is 0 Å². The van der Waals surface area contributed by atoms with Crippen molar-refractivity contribution in [2.75, 3.05) is 19.6 Å². The highest BCUT2D eigenvalue weighted by Crippen LogP contribution is 2.37. The molecule has 2 aliphatic rings. The summed E-state index contributed by atoms with van der Waals surface area (Å²) < 4.78 is 0. The van der Waals surface area contributed by atoms with Crippen molar-refractivity contribution in [1.82, 2.24) is 15.1 Å². The molecule has 27 heavy (non-hydrogen) atoms. The van der Waals surface area contributed by atoms with Gasteiger partial charge in [0.2, 0.25) is 5.91 Å². The van der Waals surface area contributed by atoms with Gasteiger partial charge in [-0.05, 0) is 24.8 Å². The molecule has 1 amide bonds. The predicted octanol–water partition coefficient (Wildman–Crippen LogP) is 4.24. The average Bonchev–Trinajstić information content (AvgIpc) is 3.01. The molecule has 3 atom stereocenters. The van der Waals surface area contributed by atoms with Crippen LogP contribution in [0, 0.1) is 0 Å². The Morgan fingerprint density at radius 2 is 1.85 bits per heavy atom. The number of amides is 1. The van der Waals surface area contributed by atoms with E-state index in [1.54, 1.807) is 0 Å². The van der Waals surface area contributed by atoms with Crippen molar-refractivity contribution in [3.8, 4) is 0 Å². The molecular weight excluding hydrogens is 381 g/mol. The van der Waals surface area contributed by atoms with Gasteiger partial charge in [-0.2, -0.15) is 0 Å². The summed E-state index contributed by atoms with van der Waals surface area (Å²) in [5.41, 5.74) is 3.12. The molecule has 3 rings (SSSR count). The first-order valence-corrected chi connectivity index (χ1v) is 10.8. The summed E-state index contributed by atoms with van der Waals surface area (Å²) in [6.07, 6.45) is 3.06. The molecule has 0 spiro atoms. The van der Waals surface area contributed by atoms with Crippen molar-refractivity contribution in [2.24, 2.45) is 0 Å². The van der Waals surface area contributed by atoms with Gasteiger partial charge in [0.15, 0.2) is 0 Å². The average molecular weight is 410 g/mol. The molecule has 1 aromatic carbocycles. The van der Waals surface area contributed by atoms with Crippen molar-refractivity contribution in [3.05, 3.63) is 41.6 Å². The second-order valence-electron chi connectivity index (χ2n) is 7.34. The zero-order valence-electron chi connectivity index (χ0n) is 16.1. The number of halogens is 2. The lowest BCUT2D eigenvalue weighted by molar-refractivity contribution is -0.130. The zero-order chi connectivity index (χ0) is 19.4. The van der Waals surface area contributed by atoms with Gasteiger partial charge < -0.3 is 15.1 Å². The third-order valence-corrected chi connectivity index (χ3v) is 5.94. The van der Waals surface area contributed by atoms with Crippen LogP contribution < -0.4 is 5.32 Å². The topological polar surface area (TPSA) is 35.6 Å². The lowest BCUT2D eigenvalue weighted by atomic mass is 10.1. The molecule has 6 heteroatoms. The normalized spacial score (nSPS) is 24.6. The van der Waals surface area contributed by atoms with Crippen LogP contribution in [0.3, 0.4) is 0 Å². The van der Waals surface area contributed by atoms with Crippen LogP contribution in [0.15, 0.2) is 36.0 Å². The molecule has 148 valence electrons. The van der Waals surface area contributed by atoms with Gasteiger partial charge in [-0.15, -0.1) is 23.2 Å². The van der Waals surface area contributed by atoms with Crippen molar-refractivity contribution < 1.29 is 4.79 Å². The first-order chi connectivity index (χ1) is 13.0. The Labute approximate surface area is 172 Å². The van der Waals surface area contributed by atoms with Crippen molar-refractivity contribution >= 4 is 34.8 Å². The number of nitrogens with zero attached hydrogens (tertiary/aromatic N) is 2. The highest BCUT2D eigenvalue weighted by Gasteiger charge is 2.42. The fourth-order valence-corrected chi connectivity index (χ4v) is 4.84. The number of carbonyl (C=O) groups excluding carboxylic acids is 1. The number of hydrogen-bond acceptors (Lipinski definition) is 3. The quantitative estimate of drug-likeness (QED) is 0.683. The first kappa shape index (κ1) is 20.3. The summed E-state index contributed by atoms with van der Waals surface area (Å²) in [6.45, 7) is 6.53. The lowest BCUT2D eigenvalue weighted by Gasteiger charge is -2.39. The largest absolute Gasteiger partial charge is 0.362 e. The van der Waals surface area contributed by atoms with E-state index in [-0.39, 0.29) is 22.8 Å². The van der Waals surface area contributed by atoms with Crippen LogP contribution in [0.1, 0.15) is 45.1 Å². The van der Waals surface area contributed by atoms with Gasteiger partial charge in [0, 0.05) is 25.3 Å². The van der Waals surface area contributed by atoms with E-state index in [1.165, 1.54) is 0 Å². The van der Waals surface area contributed by atoms with Crippen LogP contribution in [-0.4, -0.2) is 52.3 Å². The zero-order valence-corrected chi connectivity index (χ0v) is 17.6. The van der Waals surface area contributed by atoms with Gasteiger partial charge in [0.25, 0.3) is 0 Å². The molecular formula is C21H29Cl2N3O. The monoisotopic (exact) mass is 409 g/mol. The Kier molecular flexibility index (Phi) is 6.93. The number of nitrogens with one attached hydrogen (secondary N) is 1. The predicted molar refractivity (Wildman–Crippen MR) is 113 cm³/mol.